The fraction of sp³-hybridized carbons (Fsp3) is 0.533. The first kappa shape index (κ1) is 15.3. The Morgan fingerprint density at radius 3 is 2.95 bits per heavy atom. The SMILES string of the molecule is CO[C@@H]1CS(=O)(=O)C[C@H]1NC(=O)c1ccc2c(c1)CCCO2. The van der Waals surface area contributed by atoms with Crippen molar-refractivity contribution in [3.05, 3.63) is 29.3 Å². The molecule has 2 atom stereocenters. The molecule has 0 radical (unpaired) electrons. The second kappa shape index (κ2) is 5.89. The molecule has 2 aliphatic rings. The van der Waals surface area contributed by atoms with Gasteiger partial charge in [-0.1, -0.05) is 0 Å². The van der Waals surface area contributed by atoms with Crippen LogP contribution in [0.3, 0.4) is 0 Å². The first-order valence-electron chi connectivity index (χ1n) is 7.28. The van der Waals surface area contributed by atoms with E-state index < -0.39 is 22.0 Å². The van der Waals surface area contributed by atoms with E-state index in [2.05, 4.69) is 5.32 Å². The molecule has 22 heavy (non-hydrogen) atoms. The second-order valence-corrected chi connectivity index (χ2v) is 7.86. The summed E-state index contributed by atoms with van der Waals surface area (Å²) < 4.78 is 34.0. The van der Waals surface area contributed by atoms with Gasteiger partial charge in [0, 0.05) is 12.7 Å². The van der Waals surface area contributed by atoms with Crippen LogP contribution in [0.25, 0.3) is 0 Å². The van der Waals surface area contributed by atoms with Crippen LogP contribution in [0.2, 0.25) is 0 Å². The minimum absolute atomic E-state index is 0.0491. The summed E-state index contributed by atoms with van der Waals surface area (Å²) >= 11 is 0. The standard InChI is InChI=1S/C15H19NO5S/c1-20-14-9-22(18,19)8-12(14)16-15(17)11-4-5-13-10(7-11)3-2-6-21-13/h4-5,7,12,14H,2-3,6,8-9H2,1H3,(H,16,17)/t12-,14-/m1/s1. The highest BCUT2D eigenvalue weighted by Gasteiger charge is 2.38. The van der Waals surface area contributed by atoms with Crippen LogP contribution in [0.4, 0.5) is 0 Å². The van der Waals surface area contributed by atoms with Crippen molar-refractivity contribution < 1.29 is 22.7 Å². The van der Waals surface area contributed by atoms with Gasteiger partial charge in [0.05, 0.1) is 30.3 Å². The summed E-state index contributed by atoms with van der Waals surface area (Å²) in [6, 6.07) is 4.80. The van der Waals surface area contributed by atoms with E-state index in [1.807, 2.05) is 6.07 Å². The van der Waals surface area contributed by atoms with Crippen LogP contribution in [0.1, 0.15) is 22.3 Å². The Labute approximate surface area is 129 Å². The fourth-order valence-corrected chi connectivity index (χ4v) is 4.79. The number of carbonyl (C=O) groups is 1. The highest BCUT2D eigenvalue weighted by atomic mass is 32.2. The average Bonchev–Trinajstić information content (AvgIpc) is 2.80. The number of hydrogen-bond acceptors (Lipinski definition) is 5. The van der Waals surface area contributed by atoms with Gasteiger partial charge in [-0.15, -0.1) is 0 Å². The van der Waals surface area contributed by atoms with Gasteiger partial charge < -0.3 is 14.8 Å². The van der Waals surface area contributed by atoms with Crippen LogP contribution in [0.15, 0.2) is 18.2 Å². The summed E-state index contributed by atoms with van der Waals surface area (Å²) in [4.78, 5) is 12.4. The largest absolute Gasteiger partial charge is 0.493 e. The molecular weight excluding hydrogens is 306 g/mol. The van der Waals surface area contributed by atoms with Gasteiger partial charge in [0.15, 0.2) is 9.84 Å². The lowest BCUT2D eigenvalue weighted by Crippen LogP contribution is -2.43. The van der Waals surface area contributed by atoms with Gasteiger partial charge in [-0.05, 0) is 36.6 Å². The van der Waals surface area contributed by atoms with Crippen molar-refractivity contribution in [1.82, 2.24) is 5.32 Å². The van der Waals surface area contributed by atoms with Crippen molar-refractivity contribution in [3.63, 3.8) is 0 Å². The number of rotatable bonds is 3. The molecule has 0 aromatic heterocycles. The highest BCUT2D eigenvalue weighted by molar-refractivity contribution is 7.91. The maximum atomic E-state index is 12.4. The van der Waals surface area contributed by atoms with Gasteiger partial charge in [0.2, 0.25) is 0 Å². The van der Waals surface area contributed by atoms with Crippen molar-refractivity contribution in [2.24, 2.45) is 0 Å². The van der Waals surface area contributed by atoms with Gasteiger partial charge in [-0.3, -0.25) is 4.79 Å². The maximum absolute atomic E-state index is 12.4. The zero-order valence-electron chi connectivity index (χ0n) is 12.4. The lowest BCUT2D eigenvalue weighted by molar-refractivity contribution is 0.0786. The molecule has 0 aliphatic carbocycles. The van der Waals surface area contributed by atoms with Gasteiger partial charge >= 0.3 is 0 Å². The van der Waals surface area contributed by atoms with Crippen LogP contribution in [-0.4, -0.2) is 51.7 Å². The number of sulfone groups is 1. The molecule has 0 spiro atoms. The Morgan fingerprint density at radius 2 is 2.18 bits per heavy atom. The average molecular weight is 325 g/mol. The zero-order valence-corrected chi connectivity index (χ0v) is 13.2. The van der Waals surface area contributed by atoms with Crippen molar-refractivity contribution in [1.29, 1.82) is 0 Å². The topological polar surface area (TPSA) is 81.7 Å². The molecule has 1 saturated heterocycles. The van der Waals surface area contributed by atoms with Crippen molar-refractivity contribution in [2.45, 2.75) is 25.0 Å². The van der Waals surface area contributed by atoms with E-state index in [9.17, 15) is 13.2 Å². The van der Waals surface area contributed by atoms with Crippen LogP contribution in [0, 0.1) is 0 Å². The first-order chi connectivity index (χ1) is 10.5. The molecule has 120 valence electrons. The Balaban J connectivity index is 1.74. The monoisotopic (exact) mass is 325 g/mol. The van der Waals surface area contributed by atoms with E-state index in [4.69, 9.17) is 9.47 Å². The smallest absolute Gasteiger partial charge is 0.251 e. The number of carbonyl (C=O) groups excluding carboxylic acids is 1. The lowest BCUT2D eigenvalue weighted by Gasteiger charge is -2.20. The van der Waals surface area contributed by atoms with Crippen LogP contribution in [0.5, 0.6) is 5.75 Å². The Bertz CT molecular complexity index is 685. The normalized spacial score (nSPS) is 26.0. The number of nitrogens with one attached hydrogen (secondary N) is 1. The molecule has 2 heterocycles. The Hall–Kier alpha value is -1.60. The number of amides is 1. The second-order valence-electron chi connectivity index (χ2n) is 5.71. The van der Waals surface area contributed by atoms with E-state index in [-0.39, 0.29) is 17.4 Å². The summed E-state index contributed by atoms with van der Waals surface area (Å²) in [7, 11) is -1.70. The molecule has 1 aromatic carbocycles. The Morgan fingerprint density at radius 1 is 1.36 bits per heavy atom. The minimum atomic E-state index is -3.16. The third-order valence-electron chi connectivity index (χ3n) is 4.09. The fourth-order valence-electron chi connectivity index (χ4n) is 2.94. The summed E-state index contributed by atoms with van der Waals surface area (Å²) in [5, 5.41) is 2.77. The first-order valence-corrected chi connectivity index (χ1v) is 9.10. The number of ether oxygens (including phenoxy) is 2. The Kier molecular flexibility index (Phi) is 4.10. The summed E-state index contributed by atoms with van der Waals surface area (Å²) in [6.45, 7) is 0.702. The van der Waals surface area contributed by atoms with Crippen LogP contribution in [-0.2, 0) is 21.0 Å². The summed E-state index contributed by atoms with van der Waals surface area (Å²) in [5.74, 6) is 0.413. The molecule has 0 saturated carbocycles. The molecule has 7 heteroatoms. The predicted octanol–water partition coefficient (Wildman–Crippen LogP) is 0.553. The minimum Gasteiger partial charge on any atom is -0.493 e. The quantitative estimate of drug-likeness (QED) is 0.878. The van der Waals surface area contributed by atoms with Gasteiger partial charge in [0.25, 0.3) is 5.91 Å². The molecule has 6 nitrogen and oxygen atoms in total. The lowest BCUT2D eigenvalue weighted by atomic mass is 10.0. The van der Waals surface area contributed by atoms with Gasteiger partial charge in [-0.25, -0.2) is 8.42 Å². The number of hydrogen-bond donors (Lipinski definition) is 1. The number of aryl methyl sites for hydroxylation is 1. The summed E-state index contributed by atoms with van der Waals surface area (Å²) in [6.07, 6.45) is 1.33. The molecule has 1 aromatic rings. The molecule has 3 rings (SSSR count). The number of fused-ring (bicyclic) bond motifs is 1. The van der Waals surface area contributed by atoms with Crippen molar-refractivity contribution >= 4 is 15.7 Å². The van der Waals surface area contributed by atoms with E-state index in [0.29, 0.717) is 12.2 Å². The summed E-state index contributed by atoms with van der Waals surface area (Å²) in [5.41, 5.74) is 1.53. The maximum Gasteiger partial charge on any atom is 0.251 e. The predicted molar refractivity (Wildman–Crippen MR) is 81.0 cm³/mol. The van der Waals surface area contributed by atoms with E-state index in [1.54, 1.807) is 12.1 Å². The van der Waals surface area contributed by atoms with Gasteiger partial charge in [0.1, 0.15) is 5.75 Å². The third-order valence-corrected chi connectivity index (χ3v) is 5.79. The molecule has 1 N–H and O–H groups in total. The molecular formula is C15H19NO5S. The van der Waals surface area contributed by atoms with E-state index >= 15 is 0 Å². The van der Waals surface area contributed by atoms with Crippen LogP contribution >= 0.6 is 0 Å². The van der Waals surface area contributed by atoms with Crippen molar-refractivity contribution in [2.75, 3.05) is 25.2 Å². The highest BCUT2D eigenvalue weighted by Crippen LogP contribution is 2.25. The molecule has 1 fully saturated rings. The van der Waals surface area contributed by atoms with E-state index in [0.717, 1.165) is 24.2 Å². The number of benzene rings is 1. The molecule has 0 bridgehead atoms. The number of methoxy groups -OCH3 is 1. The molecule has 2 aliphatic heterocycles. The van der Waals surface area contributed by atoms with Crippen molar-refractivity contribution in [3.8, 4) is 5.75 Å². The van der Waals surface area contributed by atoms with E-state index in [1.165, 1.54) is 7.11 Å². The third kappa shape index (κ3) is 3.10. The molecule has 0 unspecified atom stereocenters. The van der Waals surface area contributed by atoms with Gasteiger partial charge in [-0.2, -0.15) is 0 Å². The van der Waals surface area contributed by atoms with Crippen LogP contribution < -0.4 is 10.1 Å². The molecule has 1 amide bonds. The zero-order chi connectivity index (χ0) is 15.7.